The van der Waals surface area contributed by atoms with Crippen molar-refractivity contribution in [2.45, 2.75) is 13.8 Å². The first-order chi connectivity index (χ1) is 13.0. The molecule has 7 heteroatoms. The standard InChI is InChI=1S/C20H21N3O4/c1-13-19(26-4)16(12-17(25-3)20(13)27-14(2)24)21-18-10-11-23(22-18)15-8-6-5-7-9-15/h5-12H,1-4H3,(H,21,22). The van der Waals surface area contributed by atoms with E-state index in [0.717, 1.165) is 5.69 Å². The van der Waals surface area contributed by atoms with Gasteiger partial charge in [-0.25, -0.2) is 4.68 Å². The second-order valence-electron chi connectivity index (χ2n) is 5.81. The molecule has 3 aromatic rings. The monoisotopic (exact) mass is 367 g/mol. The number of hydrogen-bond donors (Lipinski definition) is 1. The molecule has 1 aromatic heterocycles. The van der Waals surface area contributed by atoms with Gasteiger partial charge in [0, 0.05) is 30.8 Å². The highest BCUT2D eigenvalue weighted by atomic mass is 16.6. The molecule has 1 heterocycles. The molecule has 0 radical (unpaired) electrons. The minimum absolute atomic E-state index is 0.335. The zero-order valence-electron chi connectivity index (χ0n) is 15.6. The number of carbonyl (C=O) groups excluding carboxylic acids is 1. The number of hydrogen-bond acceptors (Lipinski definition) is 6. The van der Waals surface area contributed by atoms with Gasteiger partial charge in [0.2, 0.25) is 0 Å². The zero-order valence-corrected chi connectivity index (χ0v) is 15.6. The van der Waals surface area contributed by atoms with Gasteiger partial charge in [-0.05, 0) is 19.1 Å². The second-order valence-corrected chi connectivity index (χ2v) is 5.81. The van der Waals surface area contributed by atoms with Crippen LogP contribution in [0.25, 0.3) is 5.69 Å². The van der Waals surface area contributed by atoms with E-state index in [1.807, 2.05) is 42.6 Å². The van der Waals surface area contributed by atoms with Gasteiger partial charge >= 0.3 is 5.97 Å². The quantitative estimate of drug-likeness (QED) is 0.527. The number of carbonyl (C=O) groups is 1. The number of methoxy groups -OCH3 is 2. The van der Waals surface area contributed by atoms with Gasteiger partial charge in [0.15, 0.2) is 17.3 Å². The maximum absolute atomic E-state index is 11.4. The number of esters is 1. The Morgan fingerprint density at radius 1 is 1.07 bits per heavy atom. The lowest BCUT2D eigenvalue weighted by Gasteiger charge is -2.18. The minimum atomic E-state index is -0.430. The zero-order chi connectivity index (χ0) is 19.4. The van der Waals surface area contributed by atoms with Crippen LogP contribution in [0.2, 0.25) is 0 Å². The molecule has 0 atom stereocenters. The summed E-state index contributed by atoms with van der Waals surface area (Å²) in [6.07, 6.45) is 1.86. The topological polar surface area (TPSA) is 74.6 Å². The van der Waals surface area contributed by atoms with Crippen molar-refractivity contribution in [2.24, 2.45) is 0 Å². The summed E-state index contributed by atoms with van der Waals surface area (Å²) in [6, 6.07) is 13.4. The maximum atomic E-state index is 11.4. The summed E-state index contributed by atoms with van der Waals surface area (Å²) >= 11 is 0. The molecule has 2 aromatic carbocycles. The number of aromatic nitrogens is 2. The molecule has 0 saturated carbocycles. The van der Waals surface area contributed by atoms with Gasteiger partial charge in [-0.1, -0.05) is 18.2 Å². The fourth-order valence-corrected chi connectivity index (χ4v) is 2.78. The number of ether oxygens (including phenoxy) is 3. The van der Waals surface area contributed by atoms with Gasteiger partial charge in [0.25, 0.3) is 0 Å². The SMILES string of the molecule is COc1cc(Nc2ccn(-c3ccccc3)n2)c(OC)c(C)c1OC(C)=O. The molecule has 0 unspecified atom stereocenters. The van der Waals surface area contributed by atoms with Gasteiger partial charge < -0.3 is 19.5 Å². The minimum Gasteiger partial charge on any atom is -0.494 e. The summed E-state index contributed by atoms with van der Waals surface area (Å²) in [4.78, 5) is 11.4. The fourth-order valence-electron chi connectivity index (χ4n) is 2.78. The van der Waals surface area contributed by atoms with Crippen molar-refractivity contribution < 1.29 is 19.0 Å². The number of benzene rings is 2. The predicted octanol–water partition coefficient (Wildman–Crippen LogP) is 3.87. The van der Waals surface area contributed by atoms with E-state index in [1.165, 1.54) is 14.0 Å². The summed E-state index contributed by atoms with van der Waals surface area (Å²) < 4.78 is 18.0. The molecule has 0 amide bonds. The van der Waals surface area contributed by atoms with E-state index >= 15 is 0 Å². The summed E-state index contributed by atoms with van der Waals surface area (Å²) in [5, 5.41) is 7.76. The lowest BCUT2D eigenvalue weighted by atomic mass is 10.1. The van der Waals surface area contributed by atoms with E-state index in [9.17, 15) is 4.79 Å². The average molecular weight is 367 g/mol. The summed E-state index contributed by atoms with van der Waals surface area (Å²) in [5.74, 6) is 1.51. The molecule has 0 aliphatic rings. The van der Waals surface area contributed by atoms with Crippen LogP contribution >= 0.6 is 0 Å². The number of nitrogens with zero attached hydrogens (tertiary/aromatic N) is 2. The average Bonchev–Trinajstić information content (AvgIpc) is 3.13. The Kier molecular flexibility index (Phi) is 5.30. The first-order valence-corrected chi connectivity index (χ1v) is 8.35. The van der Waals surface area contributed by atoms with Gasteiger partial charge in [-0.15, -0.1) is 0 Å². The molecule has 27 heavy (non-hydrogen) atoms. The number of nitrogens with one attached hydrogen (secondary N) is 1. The molecule has 0 aliphatic heterocycles. The van der Waals surface area contributed by atoms with Gasteiger partial charge in [0.05, 0.1) is 25.6 Å². The Labute approximate surface area is 157 Å². The predicted molar refractivity (Wildman–Crippen MR) is 102 cm³/mol. The van der Waals surface area contributed by atoms with Crippen LogP contribution in [0.15, 0.2) is 48.7 Å². The molecule has 140 valence electrons. The highest BCUT2D eigenvalue weighted by molar-refractivity contribution is 5.77. The molecule has 0 saturated heterocycles. The fraction of sp³-hybridized carbons (Fsp3) is 0.200. The van der Waals surface area contributed by atoms with Gasteiger partial charge in [0.1, 0.15) is 5.75 Å². The van der Waals surface area contributed by atoms with Crippen LogP contribution in [0, 0.1) is 6.92 Å². The Bertz CT molecular complexity index is 951. The molecule has 0 fully saturated rings. The number of para-hydroxylation sites is 1. The van der Waals surface area contributed by atoms with Crippen LogP contribution in [0.1, 0.15) is 12.5 Å². The normalized spacial score (nSPS) is 10.4. The second kappa shape index (κ2) is 7.82. The molecule has 1 N–H and O–H groups in total. The van der Waals surface area contributed by atoms with Crippen molar-refractivity contribution >= 4 is 17.5 Å². The highest BCUT2D eigenvalue weighted by Gasteiger charge is 2.20. The van der Waals surface area contributed by atoms with Crippen molar-refractivity contribution in [3.8, 4) is 22.9 Å². The number of anilines is 2. The van der Waals surface area contributed by atoms with Crippen LogP contribution in [-0.4, -0.2) is 30.0 Å². The van der Waals surface area contributed by atoms with Crippen molar-refractivity contribution in [2.75, 3.05) is 19.5 Å². The third-order valence-electron chi connectivity index (χ3n) is 3.97. The van der Waals surface area contributed by atoms with E-state index in [0.29, 0.717) is 34.3 Å². The van der Waals surface area contributed by atoms with Crippen LogP contribution in [0.4, 0.5) is 11.5 Å². The van der Waals surface area contributed by atoms with Crippen LogP contribution in [0.5, 0.6) is 17.2 Å². The summed E-state index contributed by atoms with van der Waals surface area (Å²) in [7, 11) is 3.07. The van der Waals surface area contributed by atoms with E-state index in [4.69, 9.17) is 14.2 Å². The number of rotatable bonds is 6. The third kappa shape index (κ3) is 3.87. The first-order valence-electron chi connectivity index (χ1n) is 8.35. The van der Waals surface area contributed by atoms with E-state index < -0.39 is 5.97 Å². The maximum Gasteiger partial charge on any atom is 0.308 e. The largest absolute Gasteiger partial charge is 0.494 e. The molecular weight excluding hydrogens is 346 g/mol. The van der Waals surface area contributed by atoms with Crippen LogP contribution in [-0.2, 0) is 4.79 Å². The van der Waals surface area contributed by atoms with Crippen molar-refractivity contribution in [1.29, 1.82) is 0 Å². The van der Waals surface area contributed by atoms with Gasteiger partial charge in [-0.3, -0.25) is 4.79 Å². The van der Waals surface area contributed by atoms with Crippen molar-refractivity contribution in [1.82, 2.24) is 9.78 Å². The smallest absolute Gasteiger partial charge is 0.308 e. The van der Waals surface area contributed by atoms with Crippen LogP contribution in [0.3, 0.4) is 0 Å². The van der Waals surface area contributed by atoms with Gasteiger partial charge in [-0.2, -0.15) is 5.10 Å². The van der Waals surface area contributed by atoms with Crippen LogP contribution < -0.4 is 19.5 Å². The Morgan fingerprint density at radius 3 is 2.44 bits per heavy atom. The van der Waals surface area contributed by atoms with Crippen molar-refractivity contribution in [3.63, 3.8) is 0 Å². The highest BCUT2D eigenvalue weighted by Crippen LogP contribution is 2.43. The summed E-state index contributed by atoms with van der Waals surface area (Å²) in [5.41, 5.74) is 2.26. The van der Waals surface area contributed by atoms with Crippen molar-refractivity contribution in [3.05, 3.63) is 54.2 Å². The summed E-state index contributed by atoms with van der Waals surface area (Å²) in [6.45, 7) is 3.14. The van der Waals surface area contributed by atoms with E-state index in [2.05, 4.69) is 10.4 Å². The Balaban J connectivity index is 1.96. The third-order valence-corrected chi connectivity index (χ3v) is 3.97. The first kappa shape index (κ1) is 18.3. The van der Waals surface area contributed by atoms with E-state index in [1.54, 1.807) is 24.8 Å². The molecule has 0 bridgehead atoms. The lowest BCUT2D eigenvalue weighted by Crippen LogP contribution is -2.07. The Morgan fingerprint density at radius 2 is 1.81 bits per heavy atom. The molecular formula is C20H21N3O4. The molecule has 0 spiro atoms. The lowest BCUT2D eigenvalue weighted by molar-refractivity contribution is -0.132. The molecule has 7 nitrogen and oxygen atoms in total. The molecule has 3 rings (SSSR count). The van der Waals surface area contributed by atoms with E-state index in [-0.39, 0.29) is 0 Å². The Hall–Kier alpha value is -3.48. The molecule has 0 aliphatic carbocycles.